The van der Waals surface area contributed by atoms with Crippen LogP contribution < -0.4 is 5.32 Å². The molecule has 0 bridgehead atoms. The number of carbonyl (C=O) groups excluding carboxylic acids is 1. The van der Waals surface area contributed by atoms with Gasteiger partial charge in [-0.2, -0.15) is 0 Å². The number of ether oxygens (including phenoxy) is 1. The van der Waals surface area contributed by atoms with E-state index in [1.54, 1.807) is 24.3 Å². The summed E-state index contributed by atoms with van der Waals surface area (Å²) in [5, 5.41) is 3.15. The van der Waals surface area contributed by atoms with Crippen LogP contribution in [0.1, 0.15) is 37.0 Å². The molecule has 5 nitrogen and oxygen atoms in total. The minimum absolute atomic E-state index is 0.271. The number of carbonyl (C=O) groups is 1. The predicted molar refractivity (Wildman–Crippen MR) is 97.7 cm³/mol. The lowest BCUT2D eigenvalue weighted by Gasteiger charge is -2.15. The molecule has 1 aromatic carbocycles. The van der Waals surface area contributed by atoms with Crippen LogP contribution in [-0.2, 0) is 4.74 Å². The highest BCUT2D eigenvalue weighted by Gasteiger charge is 2.14. The van der Waals surface area contributed by atoms with Crippen molar-refractivity contribution in [2.75, 3.05) is 32.8 Å². The van der Waals surface area contributed by atoms with E-state index < -0.39 is 0 Å². The van der Waals surface area contributed by atoms with E-state index in [4.69, 9.17) is 16.3 Å². The number of nitrogens with one attached hydrogen (secondary N) is 1. The molecule has 1 fully saturated rings. The van der Waals surface area contributed by atoms with E-state index in [1.165, 1.54) is 12.8 Å². The number of rotatable bonds is 6. The Balaban J connectivity index is 1.96. The van der Waals surface area contributed by atoms with E-state index in [0.29, 0.717) is 29.7 Å². The first-order valence-corrected chi connectivity index (χ1v) is 8.89. The van der Waals surface area contributed by atoms with Crippen molar-refractivity contribution in [3.8, 4) is 0 Å². The number of likely N-dealkylation sites (tertiary alicyclic amines) is 1. The zero-order valence-electron chi connectivity index (χ0n) is 14.4. The van der Waals surface area contributed by atoms with E-state index in [2.05, 4.69) is 29.1 Å². The van der Waals surface area contributed by atoms with Gasteiger partial charge in [-0.25, -0.2) is 4.99 Å². The molecule has 2 rings (SSSR count). The highest BCUT2D eigenvalue weighted by Crippen LogP contribution is 2.14. The lowest BCUT2D eigenvalue weighted by molar-refractivity contribution is 0.0963. The number of aliphatic imine (C=N–C) groups is 1. The Morgan fingerprint density at radius 1 is 1.33 bits per heavy atom. The summed E-state index contributed by atoms with van der Waals surface area (Å²) in [5.74, 6) is 0.0512. The normalized spacial score (nSPS) is 15.8. The minimum atomic E-state index is -0.302. The summed E-state index contributed by atoms with van der Waals surface area (Å²) in [4.78, 5) is 19.2. The van der Waals surface area contributed by atoms with Gasteiger partial charge in [-0.05, 0) is 44.0 Å². The van der Waals surface area contributed by atoms with E-state index in [1.807, 2.05) is 0 Å². The summed E-state index contributed by atoms with van der Waals surface area (Å²) >= 11 is 6.07. The van der Waals surface area contributed by atoms with Crippen LogP contribution in [-0.4, -0.2) is 49.6 Å². The van der Waals surface area contributed by atoms with Gasteiger partial charge in [0.05, 0.1) is 23.7 Å². The second-order valence-electron chi connectivity index (χ2n) is 6.37. The molecule has 1 saturated heterocycles. The van der Waals surface area contributed by atoms with Gasteiger partial charge in [0.1, 0.15) is 0 Å². The molecule has 0 aromatic heterocycles. The Morgan fingerprint density at radius 2 is 2.04 bits per heavy atom. The van der Waals surface area contributed by atoms with Gasteiger partial charge in [0.2, 0.25) is 0 Å². The smallest absolute Gasteiger partial charge is 0.291 e. The first kappa shape index (κ1) is 18.7. The molecule has 0 saturated carbocycles. The van der Waals surface area contributed by atoms with Crippen molar-refractivity contribution in [3.05, 3.63) is 34.9 Å². The van der Waals surface area contributed by atoms with Crippen molar-refractivity contribution < 1.29 is 9.53 Å². The highest BCUT2D eigenvalue weighted by molar-refractivity contribution is 6.34. The molecule has 0 aliphatic carbocycles. The second kappa shape index (κ2) is 9.64. The summed E-state index contributed by atoms with van der Waals surface area (Å²) in [6, 6.07) is 7.21. The molecule has 1 aliphatic rings. The third-order valence-electron chi connectivity index (χ3n) is 3.76. The fourth-order valence-corrected chi connectivity index (χ4v) is 2.70. The molecule has 24 heavy (non-hydrogen) atoms. The molecule has 0 atom stereocenters. The van der Waals surface area contributed by atoms with Gasteiger partial charge in [-0.3, -0.25) is 10.1 Å². The van der Waals surface area contributed by atoms with Crippen molar-refractivity contribution in [2.45, 2.75) is 26.7 Å². The molecule has 1 N–H and O–H groups in total. The summed E-state index contributed by atoms with van der Waals surface area (Å²) in [7, 11) is 0. The van der Waals surface area contributed by atoms with Crippen LogP contribution in [0.2, 0.25) is 5.02 Å². The second-order valence-corrected chi connectivity index (χ2v) is 6.78. The molecule has 1 aliphatic heterocycles. The van der Waals surface area contributed by atoms with Crippen molar-refractivity contribution in [2.24, 2.45) is 10.9 Å². The lowest BCUT2D eigenvalue weighted by Crippen LogP contribution is -2.34. The topological polar surface area (TPSA) is 53.9 Å². The SMILES string of the molecule is CC(C)COC(=NCCN1CCCC1)NC(=O)c1ccccc1Cl. The standard InChI is InChI=1S/C18H26ClN3O2/c1-14(2)13-24-18(20-9-12-22-10-5-6-11-22)21-17(23)15-7-3-4-8-16(15)19/h3-4,7-8,14H,5-6,9-13H2,1-2H3,(H,20,21,23). The number of amides is 1. The van der Waals surface area contributed by atoms with Crippen molar-refractivity contribution in [3.63, 3.8) is 0 Å². The number of nitrogens with zero attached hydrogens (tertiary/aromatic N) is 2. The van der Waals surface area contributed by atoms with E-state index in [9.17, 15) is 4.79 Å². The predicted octanol–water partition coefficient (Wildman–Crippen LogP) is 3.19. The zero-order chi connectivity index (χ0) is 17.4. The van der Waals surface area contributed by atoms with Gasteiger partial charge in [0.15, 0.2) is 0 Å². The Labute approximate surface area is 149 Å². The number of halogens is 1. The Bertz CT molecular complexity index is 569. The summed E-state index contributed by atoms with van der Waals surface area (Å²) in [5.41, 5.74) is 0.416. The van der Waals surface area contributed by atoms with E-state index in [0.717, 1.165) is 19.6 Å². The van der Waals surface area contributed by atoms with E-state index >= 15 is 0 Å². The fraction of sp³-hybridized carbons (Fsp3) is 0.556. The quantitative estimate of drug-likeness (QED) is 0.632. The molecule has 1 aromatic rings. The lowest BCUT2D eigenvalue weighted by atomic mass is 10.2. The van der Waals surface area contributed by atoms with Crippen LogP contribution in [0.4, 0.5) is 0 Å². The Morgan fingerprint density at radius 3 is 2.71 bits per heavy atom. The van der Waals surface area contributed by atoms with Crippen LogP contribution in [0.3, 0.4) is 0 Å². The summed E-state index contributed by atoms with van der Waals surface area (Å²) in [6.07, 6.45) is 2.51. The van der Waals surface area contributed by atoms with E-state index in [-0.39, 0.29) is 11.9 Å². The van der Waals surface area contributed by atoms with Crippen molar-refractivity contribution in [1.29, 1.82) is 0 Å². The number of hydrogen-bond donors (Lipinski definition) is 1. The summed E-state index contributed by atoms with van der Waals surface area (Å²) < 4.78 is 5.66. The number of hydrogen-bond acceptors (Lipinski definition) is 4. The van der Waals surface area contributed by atoms with Gasteiger partial charge in [-0.15, -0.1) is 0 Å². The molecule has 0 radical (unpaired) electrons. The maximum Gasteiger partial charge on any atom is 0.291 e. The molecule has 132 valence electrons. The number of amidine groups is 1. The average molecular weight is 352 g/mol. The minimum Gasteiger partial charge on any atom is -0.465 e. The van der Waals surface area contributed by atoms with Crippen LogP contribution in [0, 0.1) is 5.92 Å². The van der Waals surface area contributed by atoms with Crippen molar-refractivity contribution >= 4 is 23.5 Å². The fourth-order valence-electron chi connectivity index (χ4n) is 2.48. The molecule has 6 heteroatoms. The molecule has 0 spiro atoms. The monoisotopic (exact) mass is 351 g/mol. The third-order valence-corrected chi connectivity index (χ3v) is 4.09. The largest absolute Gasteiger partial charge is 0.465 e. The Kier molecular flexibility index (Phi) is 7.53. The van der Waals surface area contributed by atoms with Gasteiger partial charge in [-0.1, -0.05) is 37.6 Å². The van der Waals surface area contributed by atoms with Crippen molar-refractivity contribution in [1.82, 2.24) is 10.2 Å². The van der Waals surface area contributed by atoms with Gasteiger partial charge in [0, 0.05) is 6.54 Å². The third kappa shape index (κ3) is 6.13. The van der Waals surface area contributed by atoms with Crippen LogP contribution in [0.25, 0.3) is 0 Å². The first-order valence-electron chi connectivity index (χ1n) is 8.51. The first-order chi connectivity index (χ1) is 11.6. The molecule has 1 amide bonds. The number of benzene rings is 1. The van der Waals surface area contributed by atoms with Gasteiger partial charge < -0.3 is 9.64 Å². The van der Waals surface area contributed by atoms with Crippen LogP contribution >= 0.6 is 11.6 Å². The molecular weight excluding hydrogens is 326 g/mol. The zero-order valence-corrected chi connectivity index (χ0v) is 15.2. The average Bonchev–Trinajstić information content (AvgIpc) is 3.06. The molecular formula is C18H26ClN3O2. The highest BCUT2D eigenvalue weighted by atomic mass is 35.5. The Hall–Kier alpha value is -1.59. The van der Waals surface area contributed by atoms with Gasteiger partial charge >= 0.3 is 0 Å². The molecule has 0 unspecified atom stereocenters. The maximum absolute atomic E-state index is 12.4. The molecule has 1 heterocycles. The summed E-state index contributed by atoms with van der Waals surface area (Å²) in [6.45, 7) is 8.36. The van der Waals surface area contributed by atoms with Crippen LogP contribution in [0.15, 0.2) is 29.3 Å². The van der Waals surface area contributed by atoms with Gasteiger partial charge in [0.25, 0.3) is 11.9 Å². The van der Waals surface area contributed by atoms with Crippen LogP contribution in [0.5, 0.6) is 0 Å². The maximum atomic E-state index is 12.4.